The van der Waals surface area contributed by atoms with Gasteiger partial charge < -0.3 is 15.1 Å². The molecular weight excluding hydrogens is 460 g/mol. The van der Waals surface area contributed by atoms with Crippen LogP contribution in [0.25, 0.3) is 0 Å². The second kappa shape index (κ2) is 10.6. The average molecular weight is 495 g/mol. The summed E-state index contributed by atoms with van der Waals surface area (Å²) in [5, 5.41) is 3.82. The summed E-state index contributed by atoms with van der Waals surface area (Å²) in [5.41, 5.74) is 5.04. The fourth-order valence-electron chi connectivity index (χ4n) is 5.67. The Bertz CT molecular complexity index is 1100. The second-order valence-electron chi connectivity index (χ2n) is 10.1. The van der Waals surface area contributed by atoms with Gasteiger partial charge in [0.25, 0.3) is 0 Å². The third-order valence-electron chi connectivity index (χ3n) is 7.70. The molecule has 3 heterocycles. The van der Waals surface area contributed by atoms with Crippen molar-refractivity contribution in [3.8, 4) is 0 Å². The zero-order chi connectivity index (χ0) is 24.4. The SMILES string of the molecule is Cc1ccc(Cl)cc1N1CCN(CCCCC(=O)c2ccc3c(c2)NC(=O)C2CCCCN32)CC1. The summed E-state index contributed by atoms with van der Waals surface area (Å²) in [4.78, 5) is 32.5. The molecule has 0 spiro atoms. The van der Waals surface area contributed by atoms with Gasteiger partial charge in [0, 0.05) is 55.4 Å². The van der Waals surface area contributed by atoms with E-state index in [1.807, 2.05) is 24.3 Å². The van der Waals surface area contributed by atoms with E-state index in [1.54, 1.807) is 0 Å². The lowest BCUT2D eigenvalue weighted by Crippen LogP contribution is -2.50. The van der Waals surface area contributed by atoms with E-state index in [4.69, 9.17) is 11.6 Å². The van der Waals surface area contributed by atoms with Crippen LogP contribution in [0.3, 0.4) is 0 Å². The first-order chi connectivity index (χ1) is 17.0. The van der Waals surface area contributed by atoms with E-state index >= 15 is 0 Å². The number of nitrogens with one attached hydrogen (secondary N) is 1. The molecule has 1 atom stereocenters. The highest BCUT2D eigenvalue weighted by atomic mass is 35.5. The summed E-state index contributed by atoms with van der Waals surface area (Å²) in [6, 6.07) is 11.9. The van der Waals surface area contributed by atoms with Crippen molar-refractivity contribution in [3.63, 3.8) is 0 Å². The number of carbonyl (C=O) groups excluding carboxylic acids is 2. The zero-order valence-electron chi connectivity index (χ0n) is 20.6. The normalized spacial score (nSPS) is 20.3. The fourth-order valence-corrected chi connectivity index (χ4v) is 5.84. The molecule has 2 aromatic carbocycles. The first-order valence-electron chi connectivity index (χ1n) is 13.0. The molecule has 3 aliphatic heterocycles. The number of hydrogen-bond acceptors (Lipinski definition) is 5. The van der Waals surface area contributed by atoms with Gasteiger partial charge >= 0.3 is 0 Å². The summed E-state index contributed by atoms with van der Waals surface area (Å²) in [6.45, 7) is 8.12. The highest BCUT2D eigenvalue weighted by molar-refractivity contribution is 6.30. The van der Waals surface area contributed by atoms with Gasteiger partial charge in [0.2, 0.25) is 5.91 Å². The van der Waals surface area contributed by atoms with Gasteiger partial charge in [-0.05, 0) is 81.5 Å². The molecule has 2 aromatic rings. The second-order valence-corrected chi connectivity index (χ2v) is 10.5. The molecule has 0 aliphatic carbocycles. The lowest BCUT2D eigenvalue weighted by molar-refractivity contribution is -0.118. The molecular formula is C28H35ClN4O2. The Morgan fingerprint density at radius 2 is 1.83 bits per heavy atom. The lowest BCUT2D eigenvalue weighted by atomic mass is 9.96. The molecule has 0 radical (unpaired) electrons. The maximum Gasteiger partial charge on any atom is 0.247 e. The van der Waals surface area contributed by atoms with Gasteiger partial charge in [0.1, 0.15) is 6.04 Å². The first kappa shape index (κ1) is 24.1. The van der Waals surface area contributed by atoms with E-state index in [2.05, 4.69) is 39.1 Å². The molecule has 0 saturated carbocycles. The molecule has 35 heavy (non-hydrogen) atoms. The number of halogens is 1. The van der Waals surface area contributed by atoms with E-state index in [9.17, 15) is 9.59 Å². The van der Waals surface area contributed by atoms with Gasteiger partial charge in [-0.2, -0.15) is 0 Å². The predicted molar refractivity (Wildman–Crippen MR) is 143 cm³/mol. The van der Waals surface area contributed by atoms with Gasteiger partial charge in [-0.15, -0.1) is 0 Å². The van der Waals surface area contributed by atoms with Gasteiger partial charge in [-0.3, -0.25) is 14.5 Å². The third kappa shape index (κ3) is 5.34. The summed E-state index contributed by atoms with van der Waals surface area (Å²) < 4.78 is 0. The van der Waals surface area contributed by atoms with Crippen LogP contribution in [0.1, 0.15) is 54.4 Å². The molecule has 186 valence electrons. The van der Waals surface area contributed by atoms with Gasteiger partial charge in [-0.1, -0.05) is 17.7 Å². The Balaban J connectivity index is 1.08. The van der Waals surface area contributed by atoms with Crippen molar-refractivity contribution in [2.45, 2.75) is 51.5 Å². The number of amides is 1. The zero-order valence-corrected chi connectivity index (χ0v) is 21.3. The average Bonchev–Trinajstić information content (AvgIpc) is 2.88. The van der Waals surface area contributed by atoms with Crippen LogP contribution < -0.4 is 15.1 Å². The van der Waals surface area contributed by atoms with E-state index in [1.165, 1.54) is 11.3 Å². The number of hydrogen-bond donors (Lipinski definition) is 1. The van der Waals surface area contributed by atoms with E-state index < -0.39 is 0 Å². The predicted octanol–water partition coefficient (Wildman–Crippen LogP) is 5.13. The minimum atomic E-state index is -0.0609. The Morgan fingerprint density at radius 1 is 1.00 bits per heavy atom. The molecule has 0 aromatic heterocycles. The van der Waals surface area contributed by atoms with Crippen molar-refractivity contribution >= 4 is 40.4 Å². The minimum Gasteiger partial charge on any atom is -0.369 e. The molecule has 5 rings (SSSR count). The van der Waals surface area contributed by atoms with Crippen LogP contribution >= 0.6 is 11.6 Å². The Labute approximate surface area is 213 Å². The lowest BCUT2D eigenvalue weighted by Gasteiger charge is -2.41. The molecule has 0 bridgehead atoms. The number of benzene rings is 2. The van der Waals surface area contributed by atoms with Gasteiger partial charge in [0.05, 0.1) is 11.4 Å². The van der Waals surface area contributed by atoms with Gasteiger partial charge in [0.15, 0.2) is 5.78 Å². The number of aryl methyl sites for hydroxylation is 1. The number of piperidine rings is 1. The van der Waals surface area contributed by atoms with Crippen molar-refractivity contribution in [1.82, 2.24) is 4.90 Å². The van der Waals surface area contributed by atoms with Crippen molar-refractivity contribution < 1.29 is 9.59 Å². The number of rotatable bonds is 7. The highest BCUT2D eigenvalue weighted by Crippen LogP contribution is 2.36. The van der Waals surface area contributed by atoms with Crippen LogP contribution in [0, 0.1) is 6.92 Å². The number of Topliss-reactive ketones (excluding diaryl/α,β-unsaturated/α-hetero) is 1. The first-order valence-corrected chi connectivity index (χ1v) is 13.4. The standard InChI is InChI=1S/C28H35ClN4O2/c1-20-8-10-22(29)19-26(20)32-16-14-31(15-17-32)12-4-3-7-27(34)21-9-11-24-23(18-21)30-28(35)25-6-2-5-13-33(24)25/h8-11,18-19,25H,2-7,12-17H2,1H3,(H,30,35). The van der Waals surface area contributed by atoms with E-state index in [-0.39, 0.29) is 17.7 Å². The quantitative estimate of drug-likeness (QED) is 0.427. The minimum absolute atomic E-state index is 0.0609. The van der Waals surface area contributed by atoms with Crippen LogP contribution in [0.15, 0.2) is 36.4 Å². The Kier molecular flexibility index (Phi) is 7.30. The molecule has 1 N–H and O–H groups in total. The summed E-state index contributed by atoms with van der Waals surface area (Å²) >= 11 is 6.20. The largest absolute Gasteiger partial charge is 0.369 e. The Morgan fingerprint density at radius 3 is 2.66 bits per heavy atom. The number of anilines is 3. The van der Waals surface area contributed by atoms with Crippen LogP contribution in [0.4, 0.5) is 17.1 Å². The fraction of sp³-hybridized carbons (Fsp3) is 0.500. The molecule has 2 fully saturated rings. The number of unbranched alkanes of at least 4 members (excludes halogenated alkanes) is 1. The van der Waals surface area contributed by atoms with Crippen LogP contribution in [0.5, 0.6) is 0 Å². The maximum absolute atomic E-state index is 12.8. The molecule has 2 saturated heterocycles. The Hall–Kier alpha value is -2.57. The van der Waals surface area contributed by atoms with E-state index in [0.29, 0.717) is 12.0 Å². The number of fused-ring (bicyclic) bond motifs is 3. The highest BCUT2D eigenvalue weighted by Gasteiger charge is 2.34. The molecule has 6 nitrogen and oxygen atoms in total. The molecule has 3 aliphatic rings. The van der Waals surface area contributed by atoms with Crippen LogP contribution in [0.2, 0.25) is 5.02 Å². The smallest absolute Gasteiger partial charge is 0.247 e. The number of nitrogens with zero attached hydrogens (tertiary/aromatic N) is 3. The van der Waals surface area contributed by atoms with Crippen molar-refractivity contribution in [2.75, 3.05) is 54.4 Å². The van der Waals surface area contributed by atoms with Crippen LogP contribution in [-0.2, 0) is 4.79 Å². The molecule has 7 heteroatoms. The number of ketones is 1. The van der Waals surface area contributed by atoms with E-state index in [0.717, 1.165) is 87.8 Å². The summed E-state index contributed by atoms with van der Waals surface area (Å²) in [7, 11) is 0. The van der Waals surface area contributed by atoms with Gasteiger partial charge in [-0.25, -0.2) is 0 Å². The van der Waals surface area contributed by atoms with Crippen molar-refractivity contribution in [2.24, 2.45) is 0 Å². The van der Waals surface area contributed by atoms with Crippen molar-refractivity contribution in [1.29, 1.82) is 0 Å². The third-order valence-corrected chi connectivity index (χ3v) is 7.94. The summed E-state index contributed by atoms with van der Waals surface area (Å²) in [6.07, 6.45) is 5.54. The topological polar surface area (TPSA) is 55.9 Å². The molecule has 1 unspecified atom stereocenters. The summed E-state index contributed by atoms with van der Waals surface area (Å²) in [5.74, 6) is 0.219. The van der Waals surface area contributed by atoms with Crippen LogP contribution in [-0.4, -0.2) is 61.9 Å². The maximum atomic E-state index is 12.8. The molecule has 1 amide bonds. The monoisotopic (exact) mass is 494 g/mol. The van der Waals surface area contributed by atoms with Crippen molar-refractivity contribution in [3.05, 3.63) is 52.5 Å². The number of carbonyl (C=O) groups is 2. The number of piperazine rings is 1.